The number of nitrogens with zero attached hydrogens (tertiary/aromatic N) is 6. The topological polar surface area (TPSA) is 112 Å². The summed E-state index contributed by atoms with van der Waals surface area (Å²) in [6, 6.07) is 0. The van der Waals surface area contributed by atoms with Crippen LogP contribution in [-0.2, 0) is 17.8 Å². The number of aryl methyl sites for hydroxylation is 1. The van der Waals surface area contributed by atoms with Crippen LogP contribution in [0.2, 0.25) is 0 Å². The molecular formula is C19H23N7O2S. The molecule has 1 amide bonds. The van der Waals surface area contributed by atoms with Crippen LogP contribution in [0.3, 0.4) is 0 Å². The van der Waals surface area contributed by atoms with Gasteiger partial charge in [0.25, 0.3) is 0 Å². The minimum Gasteiger partial charge on any atom is -0.496 e. The number of carbonyl (C=O) groups excluding carboxylic acids is 1. The van der Waals surface area contributed by atoms with Crippen molar-refractivity contribution in [3.05, 3.63) is 28.7 Å². The van der Waals surface area contributed by atoms with E-state index in [1.165, 1.54) is 11.8 Å². The van der Waals surface area contributed by atoms with Gasteiger partial charge in [0.15, 0.2) is 5.65 Å². The van der Waals surface area contributed by atoms with E-state index in [0.29, 0.717) is 23.6 Å². The van der Waals surface area contributed by atoms with Gasteiger partial charge in [-0.05, 0) is 13.8 Å². The molecule has 29 heavy (non-hydrogen) atoms. The van der Waals surface area contributed by atoms with Gasteiger partial charge in [-0.15, -0.1) is 0 Å². The molecule has 0 bridgehead atoms. The van der Waals surface area contributed by atoms with E-state index < -0.39 is 0 Å². The van der Waals surface area contributed by atoms with Crippen LogP contribution in [0.1, 0.15) is 22.5 Å². The second-order valence-corrected chi connectivity index (χ2v) is 8.47. The van der Waals surface area contributed by atoms with E-state index in [-0.39, 0.29) is 17.1 Å². The lowest BCUT2D eigenvalue weighted by molar-refractivity contribution is -0.128. The van der Waals surface area contributed by atoms with Gasteiger partial charge in [0.1, 0.15) is 10.8 Å². The Morgan fingerprint density at radius 3 is 2.83 bits per heavy atom. The highest BCUT2D eigenvalue weighted by Crippen LogP contribution is 2.39. The summed E-state index contributed by atoms with van der Waals surface area (Å²) in [6.07, 6.45) is 2.32. The lowest BCUT2D eigenvalue weighted by Crippen LogP contribution is -2.34. The van der Waals surface area contributed by atoms with Crippen molar-refractivity contribution in [3.63, 3.8) is 0 Å². The van der Waals surface area contributed by atoms with E-state index >= 15 is 0 Å². The molecular weight excluding hydrogens is 390 g/mol. The number of pyridine rings is 1. The third kappa shape index (κ3) is 3.27. The van der Waals surface area contributed by atoms with Crippen LogP contribution < -0.4 is 10.5 Å². The third-order valence-electron chi connectivity index (χ3n) is 5.05. The number of methoxy groups -OCH3 is 1. The van der Waals surface area contributed by atoms with Crippen molar-refractivity contribution in [2.45, 2.75) is 37.1 Å². The Bertz CT molecular complexity index is 1130. The monoisotopic (exact) mass is 413 g/mol. The van der Waals surface area contributed by atoms with Gasteiger partial charge in [-0.3, -0.25) is 9.78 Å². The zero-order valence-electron chi connectivity index (χ0n) is 17.1. The summed E-state index contributed by atoms with van der Waals surface area (Å²) < 4.78 is 7.31. The molecule has 0 aliphatic carbocycles. The van der Waals surface area contributed by atoms with E-state index in [9.17, 15) is 4.79 Å². The molecule has 1 atom stereocenters. The highest BCUT2D eigenvalue weighted by Gasteiger charge is 2.33. The number of thioether (sulfide) groups is 1. The summed E-state index contributed by atoms with van der Waals surface area (Å²) in [5, 5.41) is 6.05. The highest BCUT2D eigenvalue weighted by molar-refractivity contribution is 8.00. The van der Waals surface area contributed by atoms with Crippen LogP contribution >= 0.6 is 11.8 Å². The van der Waals surface area contributed by atoms with Crippen LogP contribution in [0.4, 0.5) is 5.95 Å². The molecule has 0 saturated carbocycles. The number of aromatic nitrogens is 5. The number of nitrogens with two attached hydrogens (primary N) is 1. The molecule has 4 heterocycles. The van der Waals surface area contributed by atoms with Crippen LogP contribution in [0.15, 0.2) is 11.2 Å². The maximum Gasteiger partial charge on any atom is 0.236 e. The molecule has 9 nitrogen and oxygen atoms in total. The van der Waals surface area contributed by atoms with Crippen molar-refractivity contribution in [1.82, 2.24) is 29.6 Å². The predicted octanol–water partition coefficient (Wildman–Crippen LogP) is 1.58. The molecule has 1 aliphatic heterocycles. The van der Waals surface area contributed by atoms with E-state index in [1.54, 1.807) is 37.0 Å². The van der Waals surface area contributed by atoms with Crippen LogP contribution in [0.25, 0.3) is 11.0 Å². The van der Waals surface area contributed by atoms with Gasteiger partial charge in [0.2, 0.25) is 11.9 Å². The largest absolute Gasteiger partial charge is 0.496 e. The Balaban J connectivity index is 1.79. The van der Waals surface area contributed by atoms with Gasteiger partial charge in [-0.25, -0.2) is 9.67 Å². The summed E-state index contributed by atoms with van der Waals surface area (Å²) in [7, 11) is 5.16. The standard InChI is InChI=1S/C19H23N7O2S/c1-9-7-21-12(10(2)15(9)28-5)8-26-16-14-11(24-26)6-13(18(27)25(3)4)29-17(14)23-19(20)22-16/h7,13H,6,8H2,1-5H3,(H2,20,22,23). The lowest BCUT2D eigenvalue weighted by Gasteiger charge is -2.22. The van der Waals surface area contributed by atoms with Gasteiger partial charge in [-0.1, -0.05) is 11.8 Å². The number of rotatable bonds is 4. The van der Waals surface area contributed by atoms with Gasteiger partial charge in [0, 0.05) is 37.8 Å². The normalized spacial score (nSPS) is 15.6. The number of nitrogen functional groups attached to an aromatic ring is 1. The van der Waals surface area contributed by atoms with Gasteiger partial charge >= 0.3 is 0 Å². The fraction of sp³-hybridized carbons (Fsp3) is 0.421. The Hall–Kier alpha value is -2.88. The minimum absolute atomic E-state index is 0.0290. The molecule has 0 radical (unpaired) electrons. The average Bonchev–Trinajstić information content (AvgIpc) is 3.01. The smallest absolute Gasteiger partial charge is 0.236 e. The Labute approximate surface area is 172 Å². The number of ether oxygens (including phenoxy) is 1. The number of anilines is 1. The Morgan fingerprint density at radius 1 is 1.38 bits per heavy atom. The highest BCUT2D eigenvalue weighted by atomic mass is 32.2. The Morgan fingerprint density at radius 2 is 2.14 bits per heavy atom. The van der Waals surface area contributed by atoms with E-state index in [0.717, 1.165) is 33.7 Å². The van der Waals surface area contributed by atoms with Crippen molar-refractivity contribution in [3.8, 4) is 5.75 Å². The van der Waals surface area contributed by atoms with Gasteiger partial charge in [-0.2, -0.15) is 10.1 Å². The number of amides is 1. The third-order valence-corrected chi connectivity index (χ3v) is 6.22. The van der Waals surface area contributed by atoms with Gasteiger partial charge < -0.3 is 15.4 Å². The predicted molar refractivity (Wildman–Crippen MR) is 111 cm³/mol. The summed E-state index contributed by atoms with van der Waals surface area (Å²) >= 11 is 1.42. The first-order chi connectivity index (χ1) is 13.8. The molecule has 0 aromatic carbocycles. The molecule has 0 fully saturated rings. The van der Waals surface area contributed by atoms with Crippen molar-refractivity contribution in [1.29, 1.82) is 0 Å². The SMILES string of the molecule is COc1c(C)cnc(Cn2nc3c4c(nc(N)nc42)SC(C(=O)N(C)C)C3)c1C. The zero-order chi connectivity index (χ0) is 20.9. The molecule has 152 valence electrons. The maximum atomic E-state index is 12.5. The molecule has 3 aromatic heterocycles. The molecule has 2 N–H and O–H groups in total. The van der Waals surface area contributed by atoms with Crippen LogP contribution in [0.5, 0.6) is 5.75 Å². The van der Waals surface area contributed by atoms with Crippen molar-refractivity contribution < 1.29 is 9.53 Å². The molecule has 1 unspecified atom stereocenters. The molecule has 10 heteroatoms. The Kier molecular flexibility index (Phi) is 4.81. The second kappa shape index (κ2) is 7.18. The van der Waals surface area contributed by atoms with Crippen molar-refractivity contribution >= 4 is 34.7 Å². The molecule has 1 aliphatic rings. The quantitative estimate of drug-likeness (QED) is 0.642. The van der Waals surface area contributed by atoms with Crippen LogP contribution in [-0.4, -0.2) is 62.0 Å². The fourth-order valence-corrected chi connectivity index (χ4v) is 4.91. The average molecular weight is 414 g/mol. The number of hydrogen-bond acceptors (Lipinski definition) is 8. The molecule has 4 rings (SSSR count). The van der Waals surface area contributed by atoms with E-state index in [4.69, 9.17) is 15.6 Å². The fourth-order valence-electron chi connectivity index (χ4n) is 3.62. The number of hydrogen-bond donors (Lipinski definition) is 1. The van der Waals surface area contributed by atoms with Crippen molar-refractivity contribution in [2.24, 2.45) is 0 Å². The minimum atomic E-state index is -0.280. The molecule has 3 aromatic rings. The summed E-state index contributed by atoms with van der Waals surface area (Å²) in [5.74, 6) is 1.01. The molecule has 0 saturated heterocycles. The maximum absolute atomic E-state index is 12.5. The van der Waals surface area contributed by atoms with E-state index in [1.807, 2.05) is 13.8 Å². The first-order valence-corrected chi connectivity index (χ1v) is 10.1. The van der Waals surface area contributed by atoms with Crippen LogP contribution in [0, 0.1) is 13.8 Å². The van der Waals surface area contributed by atoms with Gasteiger partial charge in [0.05, 0.1) is 35.7 Å². The first-order valence-electron chi connectivity index (χ1n) is 9.20. The first kappa shape index (κ1) is 19.4. The van der Waals surface area contributed by atoms with E-state index in [2.05, 4.69) is 15.0 Å². The molecule has 0 spiro atoms. The summed E-state index contributed by atoms with van der Waals surface area (Å²) in [4.78, 5) is 27.5. The second-order valence-electron chi connectivity index (χ2n) is 7.28. The number of carbonyl (C=O) groups is 1. The summed E-state index contributed by atoms with van der Waals surface area (Å²) in [6.45, 7) is 4.37. The summed E-state index contributed by atoms with van der Waals surface area (Å²) in [5.41, 5.74) is 10.2. The zero-order valence-corrected chi connectivity index (χ0v) is 17.9. The van der Waals surface area contributed by atoms with Crippen molar-refractivity contribution in [2.75, 3.05) is 26.9 Å². The lowest BCUT2D eigenvalue weighted by atomic mass is 10.1.